The van der Waals surface area contributed by atoms with E-state index in [2.05, 4.69) is 5.32 Å². The van der Waals surface area contributed by atoms with Crippen LogP contribution in [0.4, 0.5) is 0 Å². The van der Waals surface area contributed by atoms with E-state index in [1.54, 1.807) is 0 Å². The molecule has 25 heavy (non-hydrogen) atoms. The number of quaternary nitrogens is 1. The summed E-state index contributed by atoms with van der Waals surface area (Å²) in [6, 6.07) is 5.60. The van der Waals surface area contributed by atoms with Gasteiger partial charge >= 0.3 is 5.97 Å². The number of hydrogen-bond donors (Lipinski definition) is 2. The number of esters is 1. The molecule has 1 aromatic carbocycles. The molecule has 1 amide bonds. The summed E-state index contributed by atoms with van der Waals surface area (Å²) in [6.07, 6.45) is 1.54. The van der Waals surface area contributed by atoms with Crippen LogP contribution in [0.1, 0.15) is 31.4 Å². The van der Waals surface area contributed by atoms with Crippen molar-refractivity contribution in [1.82, 2.24) is 5.32 Å². The number of piperidine rings is 1. The van der Waals surface area contributed by atoms with Crippen LogP contribution in [0, 0.1) is 5.92 Å². The molecular weight excluding hydrogens is 324 g/mol. The molecule has 2 heterocycles. The van der Waals surface area contributed by atoms with Crippen LogP contribution < -0.4 is 19.7 Å². The highest BCUT2D eigenvalue weighted by molar-refractivity contribution is 5.77. The Morgan fingerprint density at radius 1 is 1.28 bits per heavy atom. The van der Waals surface area contributed by atoms with Crippen molar-refractivity contribution < 1.29 is 28.7 Å². The van der Waals surface area contributed by atoms with E-state index in [1.807, 2.05) is 25.1 Å². The Kier molecular flexibility index (Phi) is 5.43. The highest BCUT2D eigenvalue weighted by Crippen LogP contribution is 2.34. The van der Waals surface area contributed by atoms with Crippen LogP contribution in [0.2, 0.25) is 0 Å². The van der Waals surface area contributed by atoms with Crippen molar-refractivity contribution in [1.29, 1.82) is 0 Å². The smallest absolute Gasteiger partial charge is 0.309 e. The zero-order valence-electron chi connectivity index (χ0n) is 14.7. The van der Waals surface area contributed by atoms with Gasteiger partial charge in [-0.05, 0) is 24.6 Å². The quantitative estimate of drug-likeness (QED) is 0.735. The van der Waals surface area contributed by atoms with E-state index in [9.17, 15) is 9.59 Å². The summed E-state index contributed by atoms with van der Waals surface area (Å²) in [4.78, 5) is 25.1. The summed E-state index contributed by atoms with van der Waals surface area (Å²) in [5, 5.41) is 3.03. The Balaban J connectivity index is 1.47. The van der Waals surface area contributed by atoms with Gasteiger partial charge in [0, 0.05) is 12.8 Å². The maximum absolute atomic E-state index is 12.3. The Hall–Kier alpha value is -2.28. The Morgan fingerprint density at radius 2 is 2.00 bits per heavy atom. The predicted molar refractivity (Wildman–Crippen MR) is 89.4 cm³/mol. The van der Waals surface area contributed by atoms with E-state index in [-0.39, 0.29) is 30.6 Å². The first-order chi connectivity index (χ1) is 12.1. The molecule has 0 bridgehead atoms. The minimum atomic E-state index is -0.139. The molecule has 7 heteroatoms. The molecule has 0 aliphatic carbocycles. The van der Waals surface area contributed by atoms with Crippen LogP contribution in [0.5, 0.6) is 11.5 Å². The lowest BCUT2D eigenvalue weighted by atomic mass is 9.97. The van der Waals surface area contributed by atoms with Gasteiger partial charge in [-0.15, -0.1) is 0 Å². The topological polar surface area (TPSA) is 78.3 Å². The summed E-state index contributed by atoms with van der Waals surface area (Å²) in [5.41, 5.74) is 0.983. The van der Waals surface area contributed by atoms with Crippen LogP contribution in [-0.4, -0.2) is 45.4 Å². The van der Waals surface area contributed by atoms with E-state index in [4.69, 9.17) is 14.2 Å². The molecule has 2 aliphatic heterocycles. The van der Waals surface area contributed by atoms with Crippen molar-refractivity contribution in [2.45, 2.75) is 25.8 Å². The highest BCUT2D eigenvalue weighted by atomic mass is 16.7. The Labute approximate surface area is 147 Å². The summed E-state index contributed by atoms with van der Waals surface area (Å²) in [7, 11) is 1.42. The van der Waals surface area contributed by atoms with Gasteiger partial charge in [0.25, 0.3) is 5.91 Å². The number of ether oxygens (including phenoxy) is 3. The second-order valence-electron chi connectivity index (χ2n) is 6.63. The molecule has 1 aromatic rings. The van der Waals surface area contributed by atoms with Crippen molar-refractivity contribution >= 4 is 11.9 Å². The number of amides is 1. The number of nitrogens with one attached hydrogen (secondary N) is 2. The monoisotopic (exact) mass is 349 g/mol. The predicted octanol–water partition coefficient (Wildman–Crippen LogP) is 0.0604. The van der Waals surface area contributed by atoms with Crippen LogP contribution in [0.3, 0.4) is 0 Å². The van der Waals surface area contributed by atoms with Crippen LogP contribution >= 0.6 is 0 Å². The molecule has 0 aromatic heterocycles. The van der Waals surface area contributed by atoms with E-state index < -0.39 is 0 Å². The third-order valence-electron chi connectivity index (χ3n) is 4.91. The minimum absolute atomic E-state index is 0.0108. The normalized spacial score (nSPS) is 23.0. The Morgan fingerprint density at radius 3 is 2.72 bits per heavy atom. The summed E-state index contributed by atoms with van der Waals surface area (Å²) in [6.45, 7) is 4.23. The van der Waals surface area contributed by atoms with Crippen molar-refractivity contribution in [2.75, 3.05) is 33.5 Å². The molecule has 0 radical (unpaired) electrons. The van der Waals surface area contributed by atoms with Gasteiger partial charge in [-0.2, -0.15) is 0 Å². The molecule has 1 saturated heterocycles. The summed E-state index contributed by atoms with van der Waals surface area (Å²) < 4.78 is 15.5. The molecule has 0 spiro atoms. The number of carbonyl (C=O) groups excluding carboxylic acids is 2. The number of benzene rings is 1. The van der Waals surface area contributed by atoms with Crippen molar-refractivity contribution in [3.05, 3.63) is 23.8 Å². The molecule has 2 aliphatic rings. The van der Waals surface area contributed by atoms with Crippen molar-refractivity contribution in [3.8, 4) is 11.5 Å². The van der Waals surface area contributed by atoms with Gasteiger partial charge in [0.2, 0.25) is 6.79 Å². The number of methoxy groups -OCH3 is 1. The lowest BCUT2D eigenvalue weighted by molar-refractivity contribution is -0.897. The van der Waals surface area contributed by atoms with E-state index in [0.29, 0.717) is 12.3 Å². The fourth-order valence-electron chi connectivity index (χ4n) is 3.39. The molecule has 2 N–H and O–H groups in total. The van der Waals surface area contributed by atoms with Gasteiger partial charge in [0.05, 0.1) is 32.2 Å². The molecule has 0 saturated carbocycles. The zero-order chi connectivity index (χ0) is 17.8. The fraction of sp³-hybridized carbons (Fsp3) is 0.556. The van der Waals surface area contributed by atoms with Gasteiger partial charge in [0.1, 0.15) is 0 Å². The first kappa shape index (κ1) is 17.5. The van der Waals surface area contributed by atoms with Gasteiger partial charge in [-0.1, -0.05) is 6.07 Å². The summed E-state index contributed by atoms with van der Waals surface area (Å²) in [5.74, 6) is 1.30. The molecular formula is C18H25N2O5+. The second kappa shape index (κ2) is 7.74. The van der Waals surface area contributed by atoms with E-state index in [1.165, 1.54) is 12.0 Å². The second-order valence-corrected chi connectivity index (χ2v) is 6.63. The molecule has 136 valence electrons. The van der Waals surface area contributed by atoms with E-state index in [0.717, 1.165) is 37.2 Å². The van der Waals surface area contributed by atoms with Crippen LogP contribution in [0.15, 0.2) is 18.2 Å². The van der Waals surface area contributed by atoms with Gasteiger partial charge < -0.3 is 24.4 Å². The van der Waals surface area contributed by atoms with Crippen LogP contribution in [0.25, 0.3) is 0 Å². The van der Waals surface area contributed by atoms with Gasteiger partial charge in [-0.3, -0.25) is 9.59 Å². The number of fused-ring (bicyclic) bond motifs is 1. The van der Waals surface area contributed by atoms with Crippen molar-refractivity contribution in [3.63, 3.8) is 0 Å². The third-order valence-corrected chi connectivity index (χ3v) is 4.91. The number of likely N-dealkylation sites (tertiary alicyclic amines) is 1. The number of carbonyl (C=O) groups is 2. The molecule has 3 rings (SSSR count). The largest absolute Gasteiger partial charge is 0.469 e. The highest BCUT2D eigenvalue weighted by Gasteiger charge is 2.29. The zero-order valence-corrected chi connectivity index (χ0v) is 14.7. The lowest BCUT2D eigenvalue weighted by Gasteiger charge is -2.27. The maximum atomic E-state index is 12.3. The standard InChI is InChI=1S/C18H24N2O5/c1-12(14-3-4-15-16(9-14)25-11-24-15)19-17(21)10-20-7-5-13(6-8-20)18(22)23-2/h3-4,9,12-13H,5-8,10-11H2,1-2H3,(H,19,21)/p+1/t12-/m1/s1. The van der Waals surface area contributed by atoms with Crippen molar-refractivity contribution in [2.24, 2.45) is 5.92 Å². The molecule has 0 unspecified atom stereocenters. The molecule has 1 fully saturated rings. The maximum Gasteiger partial charge on any atom is 0.309 e. The Bertz CT molecular complexity index is 640. The lowest BCUT2D eigenvalue weighted by Crippen LogP contribution is -3.14. The van der Waals surface area contributed by atoms with E-state index >= 15 is 0 Å². The van der Waals surface area contributed by atoms with Crippen LogP contribution in [-0.2, 0) is 14.3 Å². The SMILES string of the molecule is COC(=O)C1CC[NH+](CC(=O)N[C@H](C)c2ccc3c(c2)OCO3)CC1. The molecule has 7 nitrogen and oxygen atoms in total. The number of rotatable bonds is 5. The van der Waals surface area contributed by atoms with Gasteiger partial charge in [0.15, 0.2) is 18.0 Å². The minimum Gasteiger partial charge on any atom is -0.469 e. The first-order valence-electron chi connectivity index (χ1n) is 8.67. The average molecular weight is 349 g/mol. The number of hydrogen-bond acceptors (Lipinski definition) is 5. The third kappa shape index (κ3) is 4.22. The summed E-state index contributed by atoms with van der Waals surface area (Å²) >= 11 is 0. The fourth-order valence-corrected chi connectivity index (χ4v) is 3.39. The average Bonchev–Trinajstić information content (AvgIpc) is 3.09. The molecule has 1 atom stereocenters. The van der Waals surface area contributed by atoms with Gasteiger partial charge in [-0.25, -0.2) is 0 Å². The first-order valence-corrected chi connectivity index (χ1v) is 8.67.